The van der Waals surface area contributed by atoms with Crippen LogP contribution in [0.5, 0.6) is 0 Å². The van der Waals surface area contributed by atoms with E-state index in [0.29, 0.717) is 22.2 Å². The molecule has 0 aliphatic heterocycles. The van der Waals surface area contributed by atoms with E-state index in [1.807, 2.05) is 32.0 Å². The summed E-state index contributed by atoms with van der Waals surface area (Å²) in [5, 5.41) is 19.8. The fourth-order valence-corrected chi connectivity index (χ4v) is 3.45. The Bertz CT molecular complexity index is 1080. The molecular weight excluding hydrogens is 355 g/mol. The van der Waals surface area contributed by atoms with Gasteiger partial charge < -0.3 is 14.6 Å². The van der Waals surface area contributed by atoms with Crippen molar-refractivity contribution in [1.29, 1.82) is 0 Å². The van der Waals surface area contributed by atoms with Crippen molar-refractivity contribution in [3.8, 4) is 22.2 Å². The maximum absolute atomic E-state index is 14.0. The lowest BCUT2D eigenvalue weighted by molar-refractivity contribution is -0.0449. The topological polar surface area (TPSA) is 79.4 Å². The van der Waals surface area contributed by atoms with Crippen molar-refractivity contribution in [3.63, 3.8) is 0 Å². The average molecular weight is 370 g/mol. The van der Waals surface area contributed by atoms with Crippen molar-refractivity contribution in [2.24, 2.45) is 0 Å². The molecule has 132 valence electrons. The Balaban J connectivity index is 1.74. The summed E-state index contributed by atoms with van der Waals surface area (Å²) in [6, 6.07) is 10.0. The number of aryl methyl sites for hydroxylation is 2. The van der Waals surface area contributed by atoms with Gasteiger partial charge in [-0.2, -0.15) is 4.37 Å². The van der Waals surface area contributed by atoms with E-state index in [9.17, 15) is 4.39 Å². The summed E-state index contributed by atoms with van der Waals surface area (Å²) >= 11 is 1.16. The molecular formula is C19H15FN2O3S. The molecule has 0 atom stereocenters. The van der Waals surface area contributed by atoms with Gasteiger partial charge in [-0.15, -0.1) is 0 Å². The van der Waals surface area contributed by atoms with Crippen LogP contribution in [-0.4, -0.2) is 19.6 Å². The van der Waals surface area contributed by atoms with Gasteiger partial charge in [-0.25, -0.2) is 9.37 Å². The van der Waals surface area contributed by atoms with Gasteiger partial charge in [-0.3, -0.25) is 0 Å². The second kappa shape index (κ2) is 6.28. The summed E-state index contributed by atoms with van der Waals surface area (Å²) in [6.45, 7) is 4.01. The third-order valence-corrected chi connectivity index (χ3v) is 5.00. The van der Waals surface area contributed by atoms with Crippen LogP contribution in [0.3, 0.4) is 0 Å². The number of aliphatic hydroxyl groups excluding tert-OH is 1. The summed E-state index contributed by atoms with van der Waals surface area (Å²) in [6.07, 6.45) is -1.86. The van der Waals surface area contributed by atoms with Crippen molar-refractivity contribution < 1.29 is 19.0 Å². The maximum atomic E-state index is 14.0. The minimum atomic E-state index is -1.86. The van der Waals surface area contributed by atoms with E-state index in [4.69, 9.17) is 14.6 Å². The molecule has 2 aromatic carbocycles. The molecule has 0 saturated heterocycles. The van der Waals surface area contributed by atoms with E-state index in [-0.39, 0.29) is 5.56 Å². The normalized spacial score (nSPS) is 11.6. The molecule has 26 heavy (non-hydrogen) atoms. The Morgan fingerprint density at radius 1 is 1.08 bits per heavy atom. The molecule has 5 nitrogen and oxygen atoms in total. The van der Waals surface area contributed by atoms with Crippen LogP contribution < -0.4 is 0 Å². The fourth-order valence-electron chi connectivity index (χ4n) is 2.81. The predicted octanol–water partition coefficient (Wildman–Crippen LogP) is 4.36. The van der Waals surface area contributed by atoms with Crippen LogP contribution in [0, 0.1) is 19.7 Å². The standard InChI is InChI=1S/C19H15FN2O3S/c1-9-3-4-10(2)16-13(9)8-15(25-16)18-21-17(22-26-18)11-5-6-12(19(23)24)14(20)7-11/h3-8,19,23-24H,1-2H3. The van der Waals surface area contributed by atoms with Crippen molar-refractivity contribution in [3.05, 3.63) is 58.9 Å². The summed E-state index contributed by atoms with van der Waals surface area (Å²) in [7, 11) is 0. The van der Waals surface area contributed by atoms with Gasteiger partial charge in [0.25, 0.3) is 0 Å². The molecule has 0 spiro atoms. The second-order valence-electron chi connectivity index (χ2n) is 6.09. The zero-order valence-electron chi connectivity index (χ0n) is 14.0. The van der Waals surface area contributed by atoms with Crippen molar-refractivity contribution >= 4 is 22.5 Å². The van der Waals surface area contributed by atoms with Crippen LogP contribution in [0.4, 0.5) is 4.39 Å². The van der Waals surface area contributed by atoms with Gasteiger partial charge in [0.1, 0.15) is 11.4 Å². The molecule has 0 radical (unpaired) electrons. The van der Waals surface area contributed by atoms with Crippen molar-refractivity contribution in [1.82, 2.24) is 9.36 Å². The first-order valence-electron chi connectivity index (χ1n) is 7.94. The molecule has 7 heteroatoms. The van der Waals surface area contributed by atoms with Gasteiger partial charge in [0.05, 0.1) is 0 Å². The van der Waals surface area contributed by atoms with Crippen LogP contribution in [0.2, 0.25) is 0 Å². The first kappa shape index (κ1) is 16.8. The zero-order valence-corrected chi connectivity index (χ0v) is 14.8. The molecule has 0 fully saturated rings. The fraction of sp³-hybridized carbons (Fsp3) is 0.158. The first-order chi connectivity index (χ1) is 12.4. The van der Waals surface area contributed by atoms with Crippen LogP contribution in [0.25, 0.3) is 33.1 Å². The number of nitrogens with zero attached hydrogens (tertiary/aromatic N) is 2. The number of fused-ring (bicyclic) bond motifs is 1. The largest absolute Gasteiger partial charge is 0.453 e. The molecule has 2 aromatic heterocycles. The second-order valence-corrected chi connectivity index (χ2v) is 6.84. The Morgan fingerprint density at radius 2 is 1.85 bits per heavy atom. The third-order valence-electron chi connectivity index (χ3n) is 4.27. The number of furan rings is 1. The number of halogens is 1. The lowest BCUT2D eigenvalue weighted by Gasteiger charge is -2.05. The predicted molar refractivity (Wildman–Crippen MR) is 97.2 cm³/mol. The van der Waals surface area contributed by atoms with E-state index in [1.165, 1.54) is 12.1 Å². The van der Waals surface area contributed by atoms with E-state index >= 15 is 0 Å². The lowest BCUT2D eigenvalue weighted by Crippen LogP contribution is -1.99. The van der Waals surface area contributed by atoms with Gasteiger partial charge in [-0.1, -0.05) is 24.3 Å². The van der Waals surface area contributed by atoms with E-state index < -0.39 is 12.1 Å². The van der Waals surface area contributed by atoms with Gasteiger partial charge in [0.2, 0.25) is 0 Å². The molecule has 4 rings (SSSR count). The number of hydrogen-bond donors (Lipinski definition) is 2. The SMILES string of the molecule is Cc1ccc(C)c2oc(-c3nc(-c4ccc(C(O)O)c(F)c4)ns3)cc12. The van der Waals surface area contributed by atoms with Gasteiger partial charge in [-0.05, 0) is 48.6 Å². The van der Waals surface area contributed by atoms with Crippen molar-refractivity contribution in [2.75, 3.05) is 0 Å². The summed E-state index contributed by atoms with van der Waals surface area (Å²) in [5.74, 6) is 0.254. The molecule has 2 N–H and O–H groups in total. The molecule has 4 aromatic rings. The number of aliphatic hydroxyl groups is 2. The molecule has 0 unspecified atom stereocenters. The summed E-state index contributed by atoms with van der Waals surface area (Å²) < 4.78 is 24.2. The van der Waals surface area contributed by atoms with Crippen LogP contribution >= 0.6 is 11.5 Å². The van der Waals surface area contributed by atoms with Gasteiger partial charge in [0, 0.05) is 16.5 Å². The lowest BCUT2D eigenvalue weighted by atomic mass is 10.1. The number of benzene rings is 2. The maximum Gasteiger partial charge on any atom is 0.181 e. The quantitative estimate of drug-likeness (QED) is 0.524. The summed E-state index contributed by atoms with van der Waals surface area (Å²) in [5.41, 5.74) is 3.25. The smallest absolute Gasteiger partial charge is 0.181 e. The molecule has 0 saturated carbocycles. The van der Waals surface area contributed by atoms with E-state index in [0.717, 1.165) is 33.6 Å². The highest BCUT2D eigenvalue weighted by molar-refractivity contribution is 7.09. The number of aromatic nitrogens is 2. The minimum absolute atomic E-state index is 0.188. The highest BCUT2D eigenvalue weighted by atomic mass is 32.1. The highest BCUT2D eigenvalue weighted by Crippen LogP contribution is 2.34. The Hall–Kier alpha value is -2.61. The molecule has 0 bridgehead atoms. The monoisotopic (exact) mass is 370 g/mol. The van der Waals surface area contributed by atoms with Crippen molar-refractivity contribution in [2.45, 2.75) is 20.1 Å². The molecule has 0 aliphatic carbocycles. The molecule has 0 amide bonds. The first-order valence-corrected chi connectivity index (χ1v) is 8.71. The third kappa shape index (κ3) is 2.80. The van der Waals surface area contributed by atoms with Crippen LogP contribution in [0.15, 0.2) is 40.8 Å². The number of rotatable bonds is 3. The van der Waals surface area contributed by atoms with E-state index in [2.05, 4.69) is 9.36 Å². The summed E-state index contributed by atoms with van der Waals surface area (Å²) in [4.78, 5) is 4.44. The number of hydrogen-bond acceptors (Lipinski definition) is 6. The Labute approximate surface area is 152 Å². The minimum Gasteiger partial charge on any atom is -0.453 e. The molecule has 2 heterocycles. The van der Waals surface area contributed by atoms with Crippen LogP contribution in [-0.2, 0) is 0 Å². The molecule has 0 aliphatic rings. The zero-order chi connectivity index (χ0) is 18.4. The highest BCUT2D eigenvalue weighted by Gasteiger charge is 2.17. The van der Waals surface area contributed by atoms with Gasteiger partial charge in [0.15, 0.2) is 22.9 Å². The average Bonchev–Trinajstić information content (AvgIpc) is 3.25. The Kier molecular flexibility index (Phi) is 4.07. The van der Waals surface area contributed by atoms with Crippen LogP contribution in [0.1, 0.15) is 23.0 Å². The van der Waals surface area contributed by atoms with E-state index in [1.54, 1.807) is 6.07 Å². The van der Waals surface area contributed by atoms with Gasteiger partial charge >= 0.3 is 0 Å². The Morgan fingerprint density at radius 3 is 2.54 bits per heavy atom.